The molecule has 0 heterocycles. The smallest absolute Gasteiger partial charge is 0.232 e. The van der Waals surface area contributed by atoms with Crippen molar-refractivity contribution in [1.82, 2.24) is 4.90 Å². The largest absolute Gasteiger partial charge is 0.399 e. The van der Waals surface area contributed by atoms with Crippen molar-refractivity contribution in [3.8, 4) is 0 Å². The van der Waals surface area contributed by atoms with Crippen molar-refractivity contribution < 1.29 is 4.79 Å². The third-order valence-corrected chi connectivity index (χ3v) is 3.42. The SMILES string of the molecule is C=CCCCN(C)C(=O)C(C)(C)c1ccc(N)cc1. The molecule has 0 aliphatic heterocycles. The van der Waals surface area contributed by atoms with Crippen LogP contribution in [0.15, 0.2) is 36.9 Å². The molecule has 0 radical (unpaired) electrons. The van der Waals surface area contributed by atoms with Crippen LogP contribution in [0.2, 0.25) is 0 Å². The zero-order valence-corrected chi connectivity index (χ0v) is 12.1. The zero-order valence-electron chi connectivity index (χ0n) is 12.1. The molecule has 1 aromatic rings. The van der Waals surface area contributed by atoms with Gasteiger partial charge in [-0.15, -0.1) is 6.58 Å². The highest BCUT2D eigenvalue weighted by molar-refractivity contribution is 5.87. The van der Waals surface area contributed by atoms with Gasteiger partial charge in [0.25, 0.3) is 0 Å². The Morgan fingerprint density at radius 3 is 2.47 bits per heavy atom. The maximum Gasteiger partial charge on any atom is 0.232 e. The molecule has 2 N–H and O–H groups in total. The van der Waals surface area contributed by atoms with Crippen LogP contribution in [0.4, 0.5) is 5.69 Å². The molecule has 1 aromatic carbocycles. The van der Waals surface area contributed by atoms with Gasteiger partial charge in [-0.05, 0) is 44.4 Å². The van der Waals surface area contributed by atoms with E-state index in [1.54, 1.807) is 4.90 Å². The van der Waals surface area contributed by atoms with Gasteiger partial charge in [-0.3, -0.25) is 4.79 Å². The molecule has 1 amide bonds. The second-order valence-corrected chi connectivity index (χ2v) is 5.40. The van der Waals surface area contributed by atoms with Crippen molar-refractivity contribution in [2.75, 3.05) is 19.3 Å². The molecule has 0 aliphatic rings. The van der Waals surface area contributed by atoms with Gasteiger partial charge in [-0.1, -0.05) is 18.2 Å². The molecule has 3 heteroatoms. The summed E-state index contributed by atoms with van der Waals surface area (Å²) < 4.78 is 0. The summed E-state index contributed by atoms with van der Waals surface area (Å²) in [6.07, 6.45) is 3.76. The molecule has 1 rings (SSSR count). The fourth-order valence-electron chi connectivity index (χ4n) is 2.07. The van der Waals surface area contributed by atoms with Gasteiger partial charge >= 0.3 is 0 Å². The molecule has 0 aromatic heterocycles. The number of unbranched alkanes of at least 4 members (excludes halogenated alkanes) is 1. The number of nitrogen functional groups attached to an aromatic ring is 1. The van der Waals surface area contributed by atoms with E-state index in [2.05, 4.69) is 6.58 Å². The van der Waals surface area contributed by atoms with E-state index in [0.717, 1.165) is 24.9 Å². The van der Waals surface area contributed by atoms with Crippen LogP contribution >= 0.6 is 0 Å². The lowest BCUT2D eigenvalue weighted by atomic mass is 9.83. The molecule has 0 saturated carbocycles. The topological polar surface area (TPSA) is 46.3 Å². The Hall–Kier alpha value is -1.77. The summed E-state index contributed by atoms with van der Waals surface area (Å²) in [5.74, 6) is 0.126. The fourth-order valence-corrected chi connectivity index (χ4v) is 2.07. The minimum Gasteiger partial charge on any atom is -0.399 e. The molecule has 0 aliphatic carbocycles. The molecule has 104 valence electrons. The Morgan fingerprint density at radius 1 is 1.37 bits per heavy atom. The van der Waals surface area contributed by atoms with Crippen LogP contribution in [0, 0.1) is 0 Å². The number of benzene rings is 1. The van der Waals surface area contributed by atoms with E-state index in [-0.39, 0.29) is 5.91 Å². The third kappa shape index (κ3) is 3.85. The molecule has 19 heavy (non-hydrogen) atoms. The predicted octanol–water partition coefficient (Wildman–Crippen LogP) is 2.97. The Balaban J connectivity index is 2.77. The number of anilines is 1. The fraction of sp³-hybridized carbons (Fsp3) is 0.438. The maximum absolute atomic E-state index is 12.5. The van der Waals surface area contributed by atoms with E-state index in [4.69, 9.17) is 5.73 Å². The van der Waals surface area contributed by atoms with Crippen LogP contribution in [-0.2, 0) is 10.2 Å². The maximum atomic E-state index is 12.5. The first-order chi connectivity index (χ1) is 8.89. The van der Waals surface area contributed by atoms with Crippen LogP contribution in [0.5, 0.6) is 0 Å². The van der Waals surface area contributed by atoms with Gasteiger partial charge in [0.05, 0.1) is 5.41 Å². The summed E-state index contributed by atoms with van der Waals surface area (Å²) in [6, 6.07) is 7.51. The second-order valence-electron chi connectivity index (χ2n) is 5.40. The van der Waals surface area contributed by atoms with Crippen molar-refractivity contribution in [2.24, 2.45) is 0 Å². The van der Waals surface area contributed by atoms with Gasteiger partial charge in [0.15, 0.2) is 0 Å². The number of hydrogen-bond acceptors (Lipinski definition) is 2. The Morgan fingerprint density at radius 2 is 1.95 bits per heavy atom. The first kappa shape index (κ1) is 15.3. The van der Waals surface area contributed by atoms with Crippen molar-refractivity contribution in [2.45, 2.75) is 32.1 Å². The predicted molar refractivity (Wildman–Crippen MR) is 80.9 cm³/mol. The van der Waals surface area contributed by atoms with Crippen LogP contribution in [0.1, 0.15) is 32.3 Å². The molecule has 0 unspecified atom stereocenters. The number of allylic oxidation sites excluding steroid dienone is 1. The quantitative estimate of drug-likeness (QED) is 0.485. The summed E-state index contributed by atoms with van der Waals surface area (Å²) in [7, 11) is 1.85. The third-order valence-electron chi connectivity index (χ3n) is 3.42. The van der Waals surface area contributed by atoms with E-state index < -0.39 is 5.41 Å². The van der Waals surface area contributed by atoms with Crippen LogP contribution in [-0.4, -0.2) is 24.4 Å². The number of hydrogen-bond donors (Lipinski definition) is 1. The molecule has 0 fully saturated rings. The number of carbonyl (C=O) groups excluding carboxylic acids is 1. The summed E-state index contributed by atoms with van der Waals surface area (Å²) in [5, 5.41) is 0. The van der Waals surface area contributed by atoms with Crippen molar-refractivity contribution in [3.05, 3.63) is 42.5 Å². The monoisotopic (exact) mass is 260 g/mol. The molecule has 0 atom stereocenters. The van der Waals surface area contributed by atoms with E-state index in [1.807, 2.05) is 51.2 Å². The first-order valence-electron chi connectivity index (χ1n) is 6.62. The van der Waals surface area contributed by atoms with Gasteiger partial charge in [0, 0.05) is 19.3 Å². The summed E-state index contributed by atoms with van der Waals surface area (Å²) >= 11 is 0. The van der Waals surface area contributed by atoms with E-state index in [0.29, 0.717) is 5.69 Å². The van der Waals surface area contributed by atoms with E-state index in [1.165, 1.54) is 0 Å². The normalized spacial score (nSPS) is 11.1. The average molecular weight is 260 g/mol. The van der Waals surface area contributed by atoms with E-state index >= 15 is 0 Å². The molecular formula is C16H24N2O. The molecular weight excluding hydrogens is 236 g/mol. The Labute approximate surface area is 116 Å². The molecule has 0 spiro atoms. The van der Waals surface area contributed by atoms with Crippen LogP contribution in [0.25, 0.3) is 0 Å². The minimum absolute atomic E-state index is 0.126. The summed E-state index contributed by atoms with van der Waals surface area (Å²) in [4.78, 5) is 14.3. The first-order valence-corrected chi connectivity index (χ1v) is 6.62. The lowest BCUT2D eigenvalue weighted by molar-refractivity contribution is -0.135. The lowest BCUT2D eigenvalue weighted by Crippen LogP contribution is -2.41. The van der Waals surface area contributed by atoms with E-state index in [9.17, 15) is 4.79 Å². The van der Waals surface area contributed by atoms with Gasteiger partial charge < -0.3 is 10.6 Å². The molecule has 3 nitrogen and oxygen atoms in total. The lowest BCUT2D eigenvalue weighted by Gasteiger charge is -2.30. The number of carbonyl (C=O) groups is 1. The molecule has 0 bridgehead atoms. The number of amides is 1. The number of nitrogens with two attached hydrogens (primary N) is 1. The van der Waals surface area contributed by atoms with Crippen LogP contribution < -0.4 is 5.73 Å². The van der Waals surface area contributed by atoms with Crippen LogP contribution in [0.3, 0.4) is 0 Å². The molecule has 0 saturated heterocycles. The van der Waals surface area contributed by atoms with Crippen molar-refractivity contribution >= 4 is 11.6 Å². The van der Waals surface area contributed by atoms with Gasteiger partial charge in [0.1, 0.15) is 0 Å². The van der Waals surface area contributed by atoms with Gasteiger partial charge in [0.2, 0.25) is 5.91 Å². The standard InChI is InChI=1S/C16H24N2O/c1-5-6-7-12-18(4)15(19)16(2,3)13-8-10-14(17)11-9-13/h5,8-11H,1,6-7,12,17H2,2-4H3. The summed E-state index contributed by atoms with van der Waals surface area (Å²) in [6.45, 7) is 8.34. The highest BCUT2D eigenvalue weighted by atomic mass is 16.2. The number of nitrogens with zero attached hydrogens (tertiary/aromatic N) is 1. The second kappa shape index (κ2) is 6.41. The van der Waals surface area contributed by atoms with Gasteiger partial charge in [-0.2, -0.15) is 0 Å². The van der Waals surface area contributed by atoms with Crippen molar-refractivity contribution in [3.63, 3.8) is 0 Å². The zero-order chi connectivity index (χ0) is 14.5. The number of likely N-dealkylation sites (N-methyl/N-ethyl adjacent to an activating group) is 1. The highest BCUT2D eigenvalue weighted by Crippen LogP contribution is 2.26. The van der Waals surface area contributed by atoms with Crippen molar-refractivity contribution in [1.29, 1.82) is 0 Å². The Kier molecular flexibility index (Phi) is 5.16. The summed E-state index contributed by atoms with van der Waals surface area (Å²) in [5.41, 5.74) is 6.85. The highest BCUT2D eigenvalue weighted by Gasteiger charge is 2.31. The van der Waals surface area contributed by atoms with Gasteiger partial charge in [-0.25, -0.2) is 0 Å². The minimum atomic E-state index is -0.531. The number of rotatable bonds is 6. The average Bonchev–Trinajstić information content (AvgIpc) is 2.38. The Bertz CT molecular complexity index is 435.